The molecule has 2 rings (SSSR count). The zero-order chi connectivity index (χ0) is 14.5. The summed E-state index contributed by atoms with van der Waals surface area (Å²) in [6, 6.07) is 4.39. The van der Waals surface area contributed by atoms with Crippen LogP contribution in [0.5, 0.6) is 0 Å². The largest absolute Gasteiger partial charge is 0.478 e. The van der Waals surface area contributed by atoms with Crippen LogP contribution in [0, 0.1) is 6.92 Å². The molecule has 1 aliphatic heterocycles. The molecule has 0 aromatic heterocycles. The highest BCUT2D eigenvalue weighted by atomic mass is 16.5. The number of hydrogen-bond acceptors (Lipinski definition) is 4. The van der Waals surface area contributed by atoms with E-state index in [-0.39, 0.29) is 5.56 Å². The molecular formula is C13H17N3O4. The molecule has 0 aliphatic carbocycles. The summed E-state index contributed by atoms with van der Waals surface area (Å²) in [7, 11) is 0. The number of anilines is 1. The molecule has 7 nitrogen and oxygen atoms in total. The molecular weight excluding hydrogens is 262 g/mol. The number of carboxylic acids is 1. The van der Waals surface area contributed by atoms with Gasteiger partial charge in [-0.2, -0.15) is 0 Å². The van der Waals surface area contributed by atoms with Crippen LogP contribution in [-0.2, 0) is 4.74 Å². The molecule has 2 amide bonds. The lowest BCUT2D eigenvalue weighted by Crippen LogP contribution is -2.49. The van der Waals surface area contributed by atoms with E-state index in [1.54, 1.807) is 24.1 Å². The number of carbonyl (C=O) groups excluding carboxylic acids is 1. The molecule has 1 aromatic carbocycles. The van der Waals surface area contributed by atoms with Gasteiger partial charge < -0.3 is 15.2 Å². The molecule has 1 aliphatic rings. The van der Waals surface area contributed by atoms with Crippen molar-refractivity contribution in [1.29, 1.82) is 0 Å². The van der Waals surface area contributed by atoms with Gasteiger partial charge in [0.1, 0.15) is 0 Å². The molecule has 0 saturated carbocycles. The fraction of sp³-hybridized carbons (Fsp3) is 0.385. The van der Waals surface area contributed by atoms with E-state index >= 15 is 0 Å². The number of ether oxygens (including phenoxy) is 1. The number of nitrogens with one attached hydrogen (secondary N) is 2. The summed E-state index contributed by atoms with van der Waals surface area (Å²) in [5.41, 5.74) is 3.75. The van der Waals surface area contributed by atoms with E-state index < -0.39 is 12.0 Å². The number of amides is 2. The molecule has 1 heterocycles. The van der Waals surface area contributed by atoms with Gasteiger partial charge in [-0.15, -0.1) is 0 Å². The average molecular weight is 279 g/mol. The third kappa shape index (κ3) is 3.46. The Hall–Kier alpha value is -2.12. The number of urea groups is 1. The van der Waals surface area contributed by atoms with Crippen molar-refractivity contribution in [3.63, 3.8) is 0 Å². The molecule has 1 fully saturated rings. The van der Waals surface area contributed by atoms with E-state index in [2.05, 4.69) is 10.7 Å². The number of carboxylic acid groups (broad SMARTS) is 1. The molecule has 0 radical (unpaired) electrons. The van der Waals surface area contributed by atoms with E-state index in [0.29, 0.717) is 37.6 Å². The van der Waals surface area contributed by atoms with Gasteiger partial charge in [0.05, 0.1) is 24.5 Å². The van der Waals surface area contributed by atoms with Crippen molar-refractivity contribution in [1.82, 2.24) is 10.4 Å². The van der Waals surface area contributed by atoms with Crippen molar-refractivity contribution in [3.8, 4) is 0 Å². The lowest BCUT2D eigenvalue weighted by Gasteiger charge is -2.27. The first kappa shape index (κ1) is 14.3. The molecule has 20 heavy (non-hydrogen) atoms. The summed E-state index contributed by atoms with van der Waals surface area (Å²) < 4.78 is 5.18. The molecule has 0 bridgehead atoms. The number of aryl methyl sites for hydroxylation is 1. The van der Waals surface area contributed by atoms with Crippen LogP contribution in [0.25, 0.3) is 0 Å². The fourth-order valence-corrected chi connectivity index (χ4v) is 1.97. The van der Waals surface area contributed by atoms with Crippen LogP contribution in [-0.4, -0.2) is 48.4 Å². The lowest BCUT2D eigenvalue weighted by atomic mass is 10.1. The summed E-state index contributed by atoms with van der Waals surface area (Å²) in [6.07, 6.45) is 0. The molecule has 108 valence electrons. The summed E-state index contributed by atoms with van der Waals surface area (Å²) in [6.45, 7) is 4.08. The van der Waals surface area contributed by atoms with Gasteiger partial charge in [0.25, 0.3) is 0 Å². The lowest BCUT2D eigenvalue weighted by molar-refractivity contribution is 0.0207. The molecule has 3 N–H and O–H groups in total. The maximum Gasteiger partial charge on any atom is 0.337 e. The predicted octanol–water partition coefficient (Wildman–Crippen LogP) is 1.06. The van der Waals surface area contributed by atoms with Crippen LogP contribution >= 0.6 is 0 Å². The second kappa shape index (κ2) is 6.36. The summed E-state index contributed by atoms with van der Waals surface area (Å²) in [4.78, 5) is 23.1. The van der Waals surface area contributed by atoms with Gasteiger partial charge in [0, 0.05) is 13.1 Å². The Morgan fingerprint density at radius 3 is 2.65 bits per heavy atom. The van der Waals surface area contributed by atoms with Crippen LogP contribution in [0.2, 0.25) is 0 Å². The van der Waals surface area contributed by atoms with Gasteiger partial charge in [0.15, 0.2) is 0 Å². The van der Waals surface area contributed by atoms with Crippen molar-refractivity contribution in [3.05, 3.63) is 29.3 Å². The van der Waals surface area contributed by atoms with Gasteiger partial charge in [0.2, 0.25) is 0 Å². The summed E-state index contributed by atoms with van der Waals surface area (Å²) in [5, 5.41) is 13.5. The number of hydrogen-bond donors (Lipinski definition) is 3. The van der Waals surface area contributed by atoms with Gasteiger partial charge in [-0.25, -0.2) is 14.6 Å². The number of para-hydroxylation sites is 1. The minimum atomic E-state index is -1.07. The summed E-state index contributed by atoms with van der Waals surface area (Å²) in [5.74, 6) is -1.07. The fourth-order valence-electron chi connectivity index (χ4n) is 1.97. The highest BCUT2D eigenvalue weighted by Gasteiger charge is 2.17. The van der Waals surface area contributed by atoms with Crippen molar-refractivity contribution < 1.29 is 19.4 Å². The van der Waals surface area contributed by atoms with E-state index in [1.807, 2.05) is 0 Å². The van der Waals surface area contributed by atoms with Gasteiger partial charge in [-0.05, 0) is 18.6 Å². The Balaban J connectivity index is 2.05. The Morgan fingerprint density at radius 1 is 1.30 bits per heavy atom. The number of aromatic carboxylic acids is 1. The van der Waals surface area contributed by atoms with Gasteiger partial charge in [-0.1, -0.05) is 12.1 Å². The average Bonchev–Trinajstić information content (AvgIpc) is 2.42. The van der Waals surface area contributed by atoms with Gasteiger partial charge >= 0.3 is 12.0 Å². The predicted molar refractivity (Wildman–Crippen MR) is 72.7 cm³/mol. The van der Waals surface area contributed by atoms with Crippen LogP contribution in [0.4, 0.5) is 10.5 Å². The minimum Gasteiger partial charge on any atom is -0.478 e. The molecule has 0 unspecified atom stereocenters. The number of morpholine rings is 1. The maximum absolute atomic E-state index is 11.9. The second-order valence-corrected chi connectivity index (χ2v) is 4.47. The molecule has 1 aromatic rings. The number of nitrogens with zero attached hydrogens (tertiary/aromatic N) is 1. The van der Waals surface area contributed by atoms with Crippen molar-refractivity contribution in [2.24, 2.45) is 0 Å². The van der Waals surface area contributed by atoms with Crippen molar-refractivity contribution in [2.75, 3.05) is 31.6 Å². The van der Waals surface area contributed by atoms with E-state index in [0.717, 1.165) is 0 Å². The SMILES string of the molecule is Cc1cccc(C(=O)O)c1NC(=O)NN1CCOCC1. The standard InChI is InChI=1S/C13H17N3O4/c1-9-3-2-4-10(12(17)18)11(9)14-13(19)15-16-5-7-20-8-6-16/h2-4H,5-8H2,1H3,(H,17,18)(H2,14,15,19). The second-order valence-electron chi connectivity index (χ2n) is 4.47. The first-order valence-corrected chi connectivity index (χ1v) is 6.31. The minimum absolute atomic E-state index is 0.0714. The quantitative estimate of drug-likeness (QED) is 0.769. The van der Waals surface area contributed by atoms with E-state index in [1.165, 1.54) is 6.07 Å². The van der Waals surface area contributed by atoms with Crippen molar-refractivity contribution in [2.45, 2.75) is 6.92 Å². The van der Waals surface area contributed by atoms with Crippen molar-refractivity contribution >= 4 is 17.7 Å². The zero-order valence-corrected chi connectivity index (χ0v) is 11.2. The van der Waals surface area contributed by atoms with E-state index in [4.69, 9.17) is 9.84 Å². The number of carbonyl (C=O) groups is 2. The number of benzene rings is 1. The highest BCUT2D eigenvalue weighted by Crippen LogP contribution is 2.20. The number of hydrazine groups is 1. The third-order valence-corrected chi connectivity index (χ3v) is 3.01. The third-order valence-electron chi connectivity index (χ3n) is 3.01. The zero-order valence-electron chi connectivity index (χ0n) is 11.2. The van der Waals surface area contributed by atoms with E-state index in [9.17, 15) is 9.59 Å². The molecule has 0 spiro atoms. The number of rotatable bonds is 3. The molecule has 1 saturated heterocycles. The normalized spacial score (nSPS) is 15.7. The van der Waals surface area contributed by atoms with Crippen LogP contribution in [0.3, 0.4) is 0 Å². The Kier molecular flexibility index (Phi) is 4.54. The van der Waals surface area contributed by atoms with Gasteiger partial charge in [-0.3, -0.25) is 5.43 Å². The van der Waals surface area contributed by atoms with Crippen LogP contribution < -0.4 is 10.7 Å². The monoisotopic (exact) mass is 279 g/mol. The molecule has 0 atom stereocenters. The molecule has 7 heteroatoms. The summed E-state index contributed by atoms with van der Waals surface area (Å²) >= 11 is 0. The van der Waals surface area contributed by atoms with Crippen LogP contribution in [0.15, 0.2) is 18.2 Å². The Bertz CT molecular complexity index is 512. The first-order valence-electron chi connectivity index (χ1n) is 6.31. The Labute approximate surface area is 116 Å². The smallest absolute Gasteiger partial charge is 0.337 e. The first-order chi connectivity index (χ1) is 9.58. The maximum atomic E-state index is 11.9. The van der Waals surface area contributed by atoms with Crippen LogP contribution in [0.1, 0.15) is 15.9 Å². The highest BCUT2D eigenvalue weighted by molar-refractivity contribution is 6.00. The Morgan fingerprint density at radius 2 is 2.00 bits per heavy atom. The topological polar surface area (TPSA) is 90.9 Å².